The van der Waals surface area contributed by atoms with Crippen molar-refractivity contribution in [1.82, 2.24) is 4.57 Å². The Hall–Kier alpha value is -5.41. The second-order valence-electron chi connectivity index (χ2n) is 13.9. The number of fused-ring (bicyclic) bond motifs is 6. The van der Waals surface area contributed by atoms with Crippen molar-refractivity contribution in [3.63, 3.8) is 0 Å². The normalized spacial score (nSPS) is 15.6. The van der Waals surface area contributed by atoms with Gasteiger partial charge in [0.05, 0.1) is 33.9 Å². The van der Waals surface area contributed by atoms with Crippen molar-refractivity contribution < 1.29 is 9.31 Å². The van der Waals surface area contributed by atoms with Crippen LogP contribution in [0.4, 0.5) is 0 Å². The Bertz CT molecular complexity index is 2590. The van der Waals surface area contributed by atoms with Gasteiger partial charge in [0.15, 0.2) is 0 Å². The van der Waals surface area contributed by atoms with E-state index >= 15 is 0 Å². The van der Waals surface area contributed by atoms with Crippen LogP contribution in [0.5, 0.6) is 0 Å². The van der Waals surface area contributed by atoms with Gasteiger partial charge in [-0.1, -0.05) is 84.9 Å². The van der Waals surface area contributed by atoms with E-state index < -0.39 is 18.3 Å². The van der Waals surface area contributed by atoms with Crippen LogP contribution in [0.1, 0.15) is 33.3 Å². The first-order valence-corrected chi connectivity index (χ1v) is 16.5. The average Bonchev–Trinajstić information content (AvgIpc) is 3.53. The summed E-state index contributed by atoms with van der Waals surface area (Å²) in [7, 11) is -0.495. The molecule has 0 spiro atoms. The maximum absolute atomic E-state index is 9.88. The number of rotatable bonds is 3. The third-order valence-electron chi connectivity index (χ3n) is 10.6. The summed E-state index contributed by atoms with van der Waals surface area (Å²) >= 11 is 0. The molecule has 1 fully saturated rings. The van der Waals surface area contributed by atoms with Crippen LogP contribution in [0.2, 0.25) is 0 Å². The minimum absolute atomic E-state index is 0.453. The van der Waals surface area contributed by atoms with Crippen molar-refractivity contribution in [2.24, 2.45) is 0 Å². The van der Waals surface area contributed by atoms with Crippen LogP contribution in [0.15, 0.2) is 127 Å². The summed E-state index contributed by atoms with van der Waals surface area (Å²) < 4.78 is 15.6. The molecule has 8 aromatic rings. The molecule has 0 saturated carbocycles. The van der Waals surface area contributed by atoms with Gasteiger partial charge in [0.1, 0.15) is 0 Å². The Kier molecular flexibility index (Phi) is 6.18. The van der Waals surface area contributed by atoms with Gasteiger partial charge in [-0.05, 0) is 119 Å². The molecule has 0 atom stereocenters. The van der Waals surface area contributed by atoms with Crippen LogP contribution in [0.25, 0.3) is 70.9 Å². The number of hydrogen-bond acceptors (Lipinski definition) is 3. The minimum Gasteiger partial charge on any atom is -0.399 e. The molecule has 0 bridgehead atoms. The molecule has 5 heteroatoms. The molecule has 1 saturated heterocycles. The van der Waals surface area contributed by atoms with Gasteiger partial charge in [-0.15, -0.1) is 0 Å². The molecule has 0 unspecified atom stereocenters. The van der Waals surface area contributed by atoms with E-state index in [1.165, 1.54) is 16.3 Å². The maximum atomic E-state index is 9.88. The van der Waals surface area contributed by atoms with Gasteiger partial charge in [-0.2, -0.15) is 5.26 Å². The van der Waals surface area contributed by atoms with E-state index in [0.29, 0.717) is 5.56 Å². The van der Waals surface area contributed by atoms with Crippen LogP contribution in [-0.4, -0.2) is 22.9 Å². The van der Waals surface area contributed by atoms with Gasteiger partial charge >= 0.3 is 7.12 Å². The summed E-state index contributed by atoms with van der Waals surface area (Å²) in [6.45, 7) is 8.42. The second-order valence-corrected chi connectivity index (χ2v) is 13.9. The largest absolute Gasteiger partial charge is 0.496 e. The molecule has 9 rings (SSSR count). The average molecular weight is 621 g/mol. The summed E-state index contributed by atoms with van der Waals surface area (Å²) in [5, 5.41) is 19.0. The predicted octanol–water partition coefficient (Wildman–Crippen LogP) is 10.1. The van der Waals surface area contributed by atoms with Crippen molar-refractivity contribution in [3.05, 3.63) is 133 Å². The highest BCUT2D eigenvalue weighted by molar-refractivity contribution is 6.69. The molecule has 230 valence electrons. The first kappa shape index (κ1) is 28.8. The SMILES string of the molecule is CC1(C)OB(c2c3ccccc3c(-c3ccc4c(c3)c3cc(C#N)ccc3n4-c3ccc4ccccc4c3)c3ccccc23)OC1(C)C. The summed E-state index contributed by atoms with van der Waals surface area (Å²) in [6, 6.07) is 47.4. The molecule has 7 aromatic carbocycles. The van der Waals surface area contributed by atoms with Crippen LogP contribution in [-0.2, 0) is 9.31 Å². The Morgan fingerprint density at radius 2 is 1.12 bits per heavy atom. The summed E-state index contributed by atoms with van der Waals surface area (Å²) in [4.78, 5) is 0. The second kappa shape index (κ2) is 10.3. The van der Waals surface area contributed by atoms with E-state index in [9.17, 15) is 5.26 Å². The number of aromatic nitrogens is 1. The zero-order valence-electron chi connectivity index (χ0n) is 27.4. The summed E-state index contributed by atoms with van der Waals surface area (Å²) in [6.07, 6.45) is 0. The topological polar surface area (TPSA) is 47.2 Å². The van der Waals surface area contributed by atoms with E-state index in [-0.39, 0.29) is 0 Å². The van der Waals surface area contributed by atoms with E-state index in [1.54, 1.807) is 0 Å². The van der Waals surface area contributed by atoms with Crippen LogP contribution in [0, 0.1) is 11.3 Å². The fraction of sp³-hybridized carbons (Fsp3) is 0.140. The van der Waals surface area contributed by atoms with Gasteiger partial charge in [-0.25, -0.2) is 0 Å². The van der Waals surface area contributed by atoms with Crippen LogP contribution in [0.3, 0.4) is 0 Å². The lowest BCUT2D eigenvalue weighted by molar-refractivity contribution is 0.00578. The van der Waals surface area contributed by atoms with Crippen LogP contribution < -0.4 is 5.46 Å². The number of nitrogens with zero attached hydrogens (tertiary/aromatic N) is 2. The zero-order chi connectivity index (χ0) is 32.8. The lowest BCUT2D eigenvalue weighted by atomic mass is 9.71. The van der Waals surface area contributed by atoms with Gasteiger partial charge in [0.25, 0.3) is 0 Å². The van der Waals surface area contributed by atoms with Gasteiger partial charge < -0.3 is 13.9 Å². The third-order valence-corrected chi connectivity index (χ3v) is 10.6. The summed E-state index contributed by atoms with van der Waals surface area (Å²) in [5.41, 5.74) is 6.36. The fourth-order valence-corrected chi connectivity index (χ4v) is 7.53. The predicted molar refractivity (Wildman–Crippen MR) is 199 cm³/mol. The highest BCUT2D eigenvalue weighted by Gasteiger charge is 2.52. The Balaban J connectivity index is 1.32. The smallest absolute Gasteiger partial charge is 0.399 e. The number of hydrogen-bond donors (Lipinski definition) is 0. The van der Waals surface area contributed by atoms with E-state index in [0.717, 1.165) is 60.1 Å². The Morgan fingerprint density at radius 3 is 1.77 bits per heavy atom. The quantitative estimate of drug-likeness (QED) is 0.146. The molecular formula is C43H33BN2O2. The molecule has 0 amide bonds. The molecule has 48 heavy (non-hydrogen) atoms. The molecule has 1 aliphatic heterocycles. The first-order valence-electron chi connectivity index (χ1n) is 16.5. The highest BCUT2D eigenvalue weighted by Crippen LogP contribution is 2.42. The standard InChI is InChI=1S/C43H33BN2O2/c1-42(2)43(3,4)48-44(47-42)41-34-15-9-7-13-32(34)40(33-14-8-10-16-35(33)41)30-19-22-39-37(25-30)36-23-27(26-45)17-21-38(36)46(39)31-20-18-28-11-5-6-12-29(28)24-31/h5-25H,1-4H3. The third kappa shape index (κ3) is 4.17. The number of nitriles is 1. The molecule has 2 heterocycles. The Labute approximate surface area is 279 Å². The van der Waals surface area contributed by atoms with Crippen molar-refractivity contribution in [1.29, 1.82) is 5.26 Å². The molecule has 0 aliphatic carbocycles. The maximum Gasteiger partial charge on any atom is 0.496 e. The van der Waals surface area contributed by atoms with Gasteiger partial charge in [-0.3, -0.25) is 0 Å². The molecular weight excluding hydrogens is 587 g/mol. The van der Waals surface area contributed by atoms with Crippen molar-refractivity contribution in [2.45, 2.75) is 38.9 Å². The van der Waals surface area contributed by atoms with Gasteiger partial charge in [0, 0.05) is 16.5 Å². The van der Waals surface area contributed by atoms with E-state index in [2.05, 4.69) is 154 Å². The van der Waals surface area contributed by atoms with Crippen molar-refractivity contribution in [3.8, 4) is 22.9 Å². The minimum atomic E-state index is -0.495. The first-order chi connectivity index (χ1) is 23.2. The van der Waals surface area contributed by atoms with E-state index in [4.69, 9.17) is 9.31 Å². The zero-order valence-corrected chi connectivity index (χ0v) is 27.4. The molecule has 0 N–H and O–H groups in total. The Morgan fingerprint density at radius 1 is 0.562 bits per heavy atom. The fourth-order valence-electron chi connectivity index (χ4n) is 7.53. The summed E-state index contributed by atoms with van der Waals surface area (Å²) in [5.74, 6) is 0. The van der Waals surface area contributed by atoms with Crippen molar-refractivity contribution >= 4 is 66.7 Å². The monoisotopic (exact) mass is 620 g/mol. The molecule has 1 aromatic heterocycles. The lowest BCUT2D eigenvalue weighted by Crippen LogP contribution is -2.41. The number of benzene rings is 7. The van der Waals surface area contributed by atoms with Crippen molar-refractivity contribution in [2.75, 3.05) is 0 Å². The molecule has 0 radical (unpaired) electrons. The molecule has 1 aliphatic rings. The molecule has 4 nitrogen and oxygen atoms in total. The lowest BCUT2D eigenvalue weighted by Gasteiger charge is -2.32. The van der Waals surface area contributed by atoms with Gasteiger partial charge in [0.2, 0.25) is 0 Å². The van der Waals surface area contributed by atoms with E-state index in [1.807, 2.05) is 12.1 Å². The highest BCUT2D eigenvalue weighted by atomic mass is 16.7. The van der Waals surface area contributed by atoms with Crippen LogP contribution >= 0.6 is 0 Å².